The summed E-state index contributed by atoms with van der Waals surface area (Å²) >= 11 is 6.14. The SMILES string of the molecule is O=C(Nc1ncco1)c1ccnc(-c2ccccc2Cl)c1. The third-order valence-corrected chi connectivity index (χ3v) is 3.15. The minimum Gasteiger partial charge on any atom is -0.432 e. The van der Waals surface area contributed by atoms with Gasteiger partial charge < -0.3 is 4.42 Å². The molecule has 0 bridgehead atoms. The zero-order chi connectivity index (χ0) is 14.7. The summed E-state index contributed by atoms with van der Waals surface area (Å²) in [7, 11) is 0. The summed E-state index contributed by atoms with van der Waals surface area (Å²) in [5.74, 6) is -0.326. The van der Waals surface area contributed by atoms with Crippen molar-refractivity contribution in [2.45, 2.75) is 0 Å². The Labute approximate surface area is 125 Å². The van der Waals surface area contributed by atoms with Gasteiger partial charge in [0, 0.05) is 22.3 Å². The predicted octanol–water partition coefficient (Wildman–Crippen LogP) is 3.64. The second-order valence-corrected chi connectivity index (χ2v) is 4.61. The Balaban J connectivity index is 1.90. The summed E-state index contributed by atoms with van der Waals surface area (Å²) in [5.41, 5.74) is 1.84. The predicted molar refractivity (Wildman–Crippen MR) is 79.1 cm³/mol. The smallest absolute Gasteiger partial charge is 0.301 e. The van der Waals surface area contributed by atoms with Crippen molar-refractivity contribution in [3.63, 3.8) is 0 Å². The van der Waals surface area contributed by atoms with Crippen LogP contribution in [-0.4, -0.2) is 15.9 Å². The highest BCUT2D eigenvalue weighted by Gasteiger charge is 2.11. The number of halogens is 1. The molecule has 0 aliphatic heterocycles. The average Bonchev–Trinajstić information content (AvgIpc) is 3.01. The van der Waals surface area contributed by atoms with Gasteiger partial charge in [-0.25, -0.2) is 4.98 Å². The number of hydrogen-bond donors (Lipinski definition) is 1. The van der Waals surface area contributed by atoms with E-state index in [1.54, 1.807) is 24.4 Å². The molecule has 1 amide bonds. The van der Waals surface area contributed by atoms with Gasteiger partial charge in [-0.2, -0.15) is 0 Å². The number of rotatable bonds is 3. The maximum absolute atomic E-state index is 12.1. The molecule has 0 radical (unpaired) electrons. The van der Waals surface area contributed by atoms with Crippen molar-refractivity contribution in [3.8, 4) is 11.3 Å². The van der Waals surface area contributed by atoms with E-state index < -0.39 is 0 Å². The summed E-state index contributed by atoms with van der Waals surface area (Å²) in [4.78, 5) is 20.2. The van der Waals surface area contributed by atoms with Gasteiger partial charge in [0.1, 0.15) is 6.26 Å². The molecule has 0 saturated carbocycles. The molecule has 0 aliphatic carbocycles. The van der Waals surface area contributed by atoms with E-state index in [1.807, 2.05) is 18.2 Å². The summed E-state index contributed by atoms with van der Waals surface area (Å²) in [5, 5.41) is 3.13. The Hall–Kier alpha value is -2.66. The van der Waals surface area contributed by atoms with Crippen LogP contribution in [0.1, 0.15) is 10.4 Å². The fourth-order valence-corrected chi connectivity index (χ4v) is 2.08. The highest BCUT2D eigenvalue weighted by Crippen LogP contribution is 2.26. The standard InChI is InChI=1S/C15H10ClN3O2/c16-12-4-2-1-3-11(12)13-9-10(5-6-17-13)14(20)19-15-18-7-8-21-15/h1-9H,(H,18,19,20). The number of amides is 1. The van der Waals surface area contributed by atoms with Crippen LogP contribution in [0.3, 0.4) is 0 Å². The van der Waals surface area contributed by atoms with Gasteiger partial charge >= 0.3 is 6.01 Å². The van der Waals surface area contributed by atoms with Crippen LogP contribution in [0.4, 0.5) is 6.01 Å². The van der Waals surface area contributed by atoms with Gasteiger partial charge in [-0.15, -0.1) is 0 Å². The summed E-state index contributed by atoms with van der Waals surface area (Å²) in [6, 6.07) is 10.8. The number of aromatic nitrogens is 2. The molecule has 0 fully saturated rings. The first kappa shape index (κ1) is 13.3. The topological polar surface area (TPSA) is 68.0 Å². The second kappa shape index (κ2) is 5.76. The van der Waals surface area contributed by atoms with E-state index in [1.165, 1.54) is 12.5 Å². The van der Waals surface area contributed by atoms with Crippen molar-refractivity contribution in [2.75, 3.05) is 5.32 Å². The first-order chi connectivity index (χ1) is 10.2. The summed E-state index contributed by atoms with van der Waals surface area (Å²) in [6.45, 7) is 0. The van der Waals surface area contributed by atoms with E-state index in [2.05, 4.69) is 15.3 Å². The molecule has 6 heteroatoms. The molecule has 3 rings (SSSR count). The number of carbonyl (C=O) groups excluding carboxylic acids is 1. The number of hydrogen-bond acceptors (Lipinski definition) is 4. The van der Waals surface area contributed by atoms with E-state index in [9.17, 15) is 4.79 Å². The van der Waals surface area contributed by atoms with E-state index in [0.29, 0.717) is 16.3 Å². The molecule has 0 spiro atoms. The van der Waals surface area contributed by atoms with Crippen LogP contribution < -0.4 is 5.32 Å². The number of carbonyl (C=O) groups is 1. The van der Waals surface area contributed by atoms with Crippen LogP contribution in [0.25, 0.3) is 11.3 Å². The lowest BCUT2D eigenvalue weighted by molar-refractivity contribution is 0.102. The van der Waals surface area contributed by atoms with Crippen molar-refractivity contribution < 1.29 is 9.21 Å². The fourth-order valence-electron chi connectivity index (χ4n) is 1.84. The van der Waals surface area contributed by atoms with Crippen molar-refractivity contribution >= 4 is 23.5 Å². The number of oxazole rings is 1. The monoisotopic (exact) mass is 299 g/mol. The number of nitrogens with zero attached hydrogens (tertiary/aromatic N) is 2. The Bertz CT molecular complexity index is 772. The van der Waals surface area contributed by atoms with Crippen LogP contribution in [0.2, 0.25) is 5.02 Å². The minimum absolute atomic E-state index is 0.149. The van der Waals surface area contributed by atoms with Gasteiger partial charge in [-0.3, -0.25) is 15.1 Å². The number of anilines is 1. The Morgan fingerprint density at radius 1 is 1.14 bits per heavy atom. The second-order valence-electron chi connectivity index (χ2n) is 4.20. The summed E-state index contributed by atoms with van der Waals surface area (Å²) < 4.78 is 4.98. The van der Waals surface area contributed by atoms with Crippen LogP contribution in [0, 0.1) is 0 Å². The van der Waals surface area contributed by atoms with Crippen molar-refractivity contribution in [1.29, 1.82) is 0 Å². The Morgan fingerprint density at radius 2 is 2.00 bits per heavy atom. The zero-order valence-corrected chi connectivity index (χ0v) is 11.5. The molecule has 0 saturated heterocycles. The summed E-state index contributed by atoms with van der Waals surface area (Å²) in [6.07, 6.45) is 4.40. The Morgan fingerprint density at radius 3 is 2.76 bits per heavy atom. The van der Waals surface area contributed by atoms with Gasteiger partial charge in [0.05, 0.1) is 11.9 Å². The van der Waals surface area contributed by atoms with Crippen molar-refractivity contribution in [2.24, 2.45) is 0 Å². The molecule has 0 atom stereocenters. The quantitative estimate of drug-likeness (QED) is 0.801. The van der Waals surface area contributed by atoms with Crippen LogP contribution in [0.5, 0.6) is 0 Å². The van der Waals surface area contributed by atoms with Gasteiger partial charge in [-0.05, 0) is 18.2 Å². The fraction of sp³-hybridized carbons (Fsp3) is 0. The van der Waals surface area contributed by atoms with E-state index in [-0.39, 0.29) is 11.9 Å². The third-order valence-electron chi connectivity index (χ3n) is 2.82. The molecule has 3 aromatic rings. The first-order valence-electron chi connectivity index (χ1n) is 6.16. The lowest BCUT2D eigenvalue weighted by Crippen LogP contribution is -2.12. The maximum Gasteiger partial charge on any atom is 0.301 e. The van der Waals surface area contributed by atoms with Crippen molar-refractivity contribution in [1.82, 2.24) is 9.97 Å². The molecular formula is C15H10ClN3O2. The number of pyridine rings is 1. The first-order valence-corrected chi connectivity index (χ1v) is 6.53. The molecule has 2 aromatic heterocycles. The lowest BCUT2D eigenvalue weighted by Gasteiger charge is -2.06. The molecule has 1 N–H and O–H groups in total. The van der Waals surface area contributed by atoms with Crippen LogP contribution >= 0.6 is 11.6 Å². The third kappa shape index (κ3) is 2.93. The van der Waals surface area contributed by atoms with Gasteiger partial charge in [0.15, 0.2) is 0 Å². The molecule has 1 aromatic carbocycles. The molecule has 21 heavy (non-hydrogen) atoms. The number of benzene rings is 1. The van der Waals surface area contributed by atoms with Crippen LogP contribution in [0.15, 0.2) is 59.5 Å². The molecule has 5 nitrogen and oxygen atoms in total. The van der Waals surface area contributed by atoms with Gasteiger partial charge in [0.2, 0.25) is 0 Å². The highest BCUT2D eigenvalue weighted by atomic mass is 35.5. The average molecular weight is 300 g/mol. The van der Waals surface area contributed by atoms with E-state index in [0.717, 1.165) is 5.56 Å². The van der Waals surface area contributed by atoms with Crippen LogP contribution in [-0.2, 0) is 0 Å². The molecule has 0 aliphatic rings. The zero-order valence-electron chi connectivity index (χ0n) is 10.8. The van der Waals surface area contributed by atoms with Crippen molar-refractivity contribution in [3.05, 3.63) is 65.6 Å². The number of nitrogens with one attached hydrogen (secondary N) is 1. The maximum atomic E-state index is 12.1. The highest BCUT2D eigenvalue weighted by molar-refractivity contribution is 6.33. The molecule has 2 heterocycles. The minimum atomic E-state index is -0.326. The largest absolute Gasteiger partial charge is 0.432 e. The van der Waals surface area contributed by atoms with Gasteiger partial charge in [-0.1, -0.05) is 29.8 Å². The molecular weight excluding hydrogens is 290 g/mol. The molecule has 104 valence electrons. The lowest BCUT2D eigenvalue weighted by atomic mass is 10.1. The van der Waals surface area contributed by atoms with E-state index >= 15 is 0 Å². The van der Waals surface area contributed by atoms with Gasteiger partial charge in [0.25, 0.3) is 5.91 Å². The normalized spacial score (nSPS) is 10.3. The molecule has 0 unspecified atom stereocenters. The van der Waals surface area contributed by atoms with E-state index in [4.69, 9.17) is 16.0 Å². The Kier molecular flexibility index (Phi) is 3.66.